The third kappa shape index (κ3) is 14.8. The van der Waals surface area contributed by atoms with Crippen molar-refractivity contribution in [1.29, 1.82) is 0 Å². The fraction of sp³-hybridized carbons (Fsp3) is 0.762. The van der Waals surface area contributed by atoms with Crippen molar-refractivity contribution in [3.8, 4) is 0 Å². The molecule has 4 amide bonds. The number of ether oxygens (including phenoxy) is 1. The Morgan fingerprint density at radius 1 is 1.06 bits per heavy atom. The molecule has 0 bridgehead atoms. The first kappa shape index (κ1) is 30.7. The Morgan fingerprint density at radius 2 is 1.75 bits per heavy atom. The number of rotatable bonds is 14. The molecule has 36 heavy (non-hydrogen) atoms. The Kier molecular flexibility index (Phi) is 12.2. The van der Waals surface area contributed by atoms with Crippen molar-refractivity contribution in [2.24, 2.45) is 7.05 Å². The van der Waals surface area contributed by atoms with Crippen molar-refractivity contribution in [2.75, 3.05) is 40.8 Å². The van der Waals surface area contributed by atoms with Crippen molar-refractivity contribution < 1.29 is 33.2 Å². The van der Waals surface area contributed by atoms with Crippen LogP contribution in [0.4, 0.5) is 4.79 Å². The van der Waals surface area contributed by atoms with E-state index in [1.807, 2.05) is 26.6 Å². The van der Waals surface area contributed by atoms with Crippen LogP contribution in [0.5, 0.6) is 0 Å². The molecule has 0 aliphatic carbocycles. The minimum absolute atomic E-state index is 0.0851. The van der Waals surface area contributed by atoms with Gasteiger partial charge in [-0.25, -0.2) is 4.79 Å². The van der Waals surface area contributed by atoms with E-state index in [4.69, 9.17) is 9.57 Å². The standard InChI is InChI=1S/C21H39N9O6/c1-21(2,3)36-20(34)27-35-14-18(32)22-11-9-8-10-15(24-17(31)13-30(5,6)7)19(33)23-12-16-25-28-29(4)26-16/h15H,8-14H2,1-7H3,(H3-,22,23,24,27,31,32,33,34)/p+1. The lowest BCUT2D eigenvalue weighted by atomic mass is 10.1. The Labute approximate surface area is 211 Å². The number of tetrazole rings is 1. The van der Waals surface area contributed by atoms with Gasteiger partial charge in [-0.15, -0.1) is 10.2 Å². The van der Waals surface area contributed by atoms with Gasteiger partial charge in [0.1, 0.15) is 11.6 Å². The summed E-state index contributed by atoms with van der Waals surface area (Å²) >= 11 is 0. The van der Waals surface area contributed by atoms with Crippen LogP contribution in [0.1, 0.15) is 45.9 Å². The smallest absolute Gasteiger partial charge is 0.431 e. The Balaban J connectivity index is 2.42. The largest absolute Gasteiger partial charge is 0.442 e. The number of hydroxylamine groups is 1. The van der Waals surface area contributed by atoms with Gasteiger partial charge >= 0.3 is 6.09 Å². The summed E-state index contributed by atoms with van der Waals surface area (Å²) in [5, 5.41) is 19.7. The summed E-state index contributed by atoms with van der Waals surface area (Å²) in [4.78, 5) is 54.5. The van der Waals surface area contributed by atoms with Crippen LogP contribution in [0.3, 0.4) is 0 Å². The van der Waals surface area contributed by atoms with Crippen molar-refractivity contribution in [3.05, 3.63) is 5.82 Å². The van der Waals surface area contributed by atoms with Crippen LogP contribution in [0, 0.1) is 0 Å². The molecule has 0 aliphatic rings. The summed E-state index contributed by atoms with van der Waals surface area (Å²) in [6.45, 7) is 5.37. The van der Waals surface area contributed by atoms with E-state index in [1.54, 1.807) is 27.8 Å². The monoisotopic (exact) mass is 514 g/mol. The number of carbonyl (C=O) groups is 4. The molecule has 0 aliphatic heterocycles. The molecule has 1 atom stereocenters. The number of quaternary nitrogens is 1. The normalized spacial score (nSPS) is 12.4. The molecule has 15 nitrogen and oxygen atoms in total. The van der Waals surface area contributed by atoms with E-state index in [9.17, 15) is 19.2 Å². The van der Waals surface area contributed by atoms with Crippen LogP contribution in [0.2, 0.25) is 0 Å². The highest BCUT2D eigenvalue weighted by molar-refractivity contribution is 5.87. The van der Waals surface area contributed by atoms with Crippen LogP contribution < -0.4 is 21.4 Å². The summed E-state index contributed by atoms with van der Waals surface area (Å²) in [6, 6.07) is -0.752. The Bertz CT molecular complexity index is 876. The first-order chi connectivity index (χ1) is 16.6. The predicted molar refractivity (Wildman–Crippen MR) is 128 cm³/mol. The average Bonchev–Trinajstić information content (AvgIpc) is 3.13. The molecule has 0 spiro atoms. The number of likely N-dealkylation sites (N-methyl/N-ethyl adjacent to an activating group) is 1. The zero-order valence-electron chi connectivity index (χ0n) is 22.2. The Morgan fingerprint density at radius 3 is 2.33 bits per heavy atom. The number of unbranched alkanes of at least 4 members (excludes halogenated alkanes) is 1. The van der Waals surface area contributed by atoms with E-state index in [2.05, 4.69) is 31.4 Å². The van der Waals surface area contributed by atoms with Gasteiger partial charge in [0.05, 0.1) is 34.7 Å². The maximum Gasteiger partial charge on any atom is 0.431 e. The fourth-order valence-electron chi connectivity index (χ4n) is 2.83. The number of nitrogens with zero attached hydrogens (tertiary/aromatic N) is 5. The molecule has 1 heterocycles. The molecule has 1 rings (SSSR count). The molecule has 1 aromatic heterocycles. The van der Waals surface area contributed by atoms with E-state index in [-0.39, 0.29) is 31.5 Å². The minimum Gasteiger partial charge on any atom is -0.442 e. The molecule has 0 aromatic carbocycles. The van der Waals surface area contributed by atoms with Gasteiger partial charge in [-0.1, -0.05) is 0 Å². The van der Waals surface area contributed by atoms with Gasteiger partial charge in [0.15, 0.2) is 19.0 Å². The summed E-state index contributed by atoms with van der Waals surface area (Å²) in [5.74, 6) is -0.674. The first-order valence-corrected chi connectivity index (χ1v) is 11.6. The molecule has 4 N–H and O–H groups in total. The van der Waals surface area contributed by atoms with Crippen molar-refractivity contribution in [1.82, 2.24) is 41.6 Å². The minimum atomic E-state index is -0.790. The number of aromatic nitrogens is 4. The fourth-order valence-corrected chi connectivity index (χ4v) is 2.83. The van der Waals surface area contributed by atoms with Crippen LogP contribution in [-0.4, -0.2) is 101 Å². The highest BCUT2D eigenvalue weighted by Crippen LogP contribution is 2.06. The van der Waals surface area contributed by atoms with Gasteiger partial charge in [0, 0.05) is 6.54 Å². The quantitative estimate of drug-likeness (QED) is 0.134. The molecule has 1 aromatic rings. The number of carbonyl (C=O) groups excluding carboxylic acids is 4. The van der Waals surface area contributed by atoms with Crippen molar-refractivity contribution in [3.63, 3.8) is 0 Å². The highest BCUT2D eigenvalue weighted by Gasteiger charge is 2.24. The van der Waals surface area contributed by atoms with Gasteiger partial charge in [0.2, 0.25) is 11.8 Å². The molecular formula is C21H40N9O6+. The highest BCUT2D eigenvalue weighted by atomic mass is 16.7. The lowest BCUT2D eigenvalue weighted by molar-refractivity contribution is -0.862. The molecule has 1 unspecified atom stereocenters. The lowest BCUT2D eigenvalue weighted by Crippen LogP contribution is -2.51. The Hall–Kier alpha value is -3.33. The zero-order chi connectivity index (χ0) is 27.4. The van der Waals surface area contributed by atoms with E-state index in [0.29, 0.717) is 36.1 Å². The van der Waals surface area contributed by atoms with Gasteiger partial charge in [-0.05, 0) is 45.2 Å². The summed E-state index contributed by atoms with van der Waals surface area (Å²) in [5.41, 5.74) is 1.36. The van der Waals surface area contributed by atoms with Gasteiger partial charge < -0.3 is 25.2 Å². The second-order valence-electron chi connectivity index (χ2n) is 10.2. The van der Waals surface area contributed by atoms with E-state index < -0.39 is 23.6 Å². The molecule has 204 valence electrons. The van der Waals surface area contributed by atoms with Crippen LogP contribution >= 0.6 is 0 Å². The maximum atomic E-state index is 12.7. The van der Waals surface area contributed by atoms with Gasteiger partial charge in [-0.3, -0.25) is 19.2 Å². The van der Waals surface area contributed by atoms with E-state index >= 15 is 0 Å². The molecule has 15 heteroatoms. The number of amides is 4. The predicted octanol–water partition coefficient (Wildman–Crippen LogP) is -1.24. The number of nitrogens with one attached hydrogen (secondary N) is 4. The molecule has 0 saturated carbocycles. The third-order valence-corrected chi connectivity index (χ3v) is 4.24. The summed E-state index contributed by atoms with van der Waals surface area (Å²) in [7, 11) is 7.26. The number of hydrogen-bond donors (Lipinski definition) is 4. The SMILES string of the molecule is Cn1nnc(CNC(=O)C(CCCCNC(=O)CONC(=O)OC(C)(C)C)NC(=O)C[N+](C)(C)C)n1. The number of aryl methyl sites for hydroxylation is 1. The molecule has 0 fully saturated rings. The van der Waals surface area contributed by atoms with E-state index in [1.165, 1.54) is 4.80 Å². The maximum absolute atomic E-state index is 12.7. The molecular weight excluding hydrogens is 474 g/mol. The van der Waals surface area contributed by atoms with E-state index in [0.717, 1.165) is 0 Å². The summed E-state index contributed by atoms with van der Waals surface area (Å²) in [6.07, 6.45) is 0.701. The van der Waals surface area contributed by atoms with Crippen molar-refractivity contribution in [2.45, 2.75) is 58.2 Å². The van der Waals surface area contributed by atoms with Crippen LogP contribution in [-0.2, 0) is 37.6 Å². The molecule has 0 saturated heterocycles. The van der Waals surface area contributed by atoms with Gasteiger partial charge in [-0.2, -0.15) is 10.3 Å². The zero-order valence-corrected chi connectivity index (χ0v) is 22.2. The van der Waals surface area contributed by atoms with Gasteiger partial charge in [0.25, 0.3) is 5.91 Å². The summed E-state index contributed by atoms with van der Waals surface area (Å²) < 4.78 is 5.41. The van der Waals surface area contributed by atoms with Crippen molar-refractivity contribution >= 4 is 23.8 Å². The van der Waals surface area contributed by atoms with Crippen LogP contribution in [0.15, 0.2) is 0 Å². The first-order valence-electron chi connectivity index (χ1n) is 11.6. The van der Waals surface area contributed by atoms with Crippen LogP contribution in [0.25, 0.3) is 0 Å². The second kappa shape index (κ2) is 14.3. The molecule has 0 radical (unpaired) electrons. The second-order valence-corrected chi connectivity index (χ2v) is 10.2. The third-order valence-electron chi connectivity index (χ3n) is 4.24. The average molecular weight is 515 g/mol. The number of hydrogen-bond acceptors (Lipinski definition) is 9. The lowest BCUT2D eigenvalue weighted by Gasteiger charge is -2.25. The topological polar surface area (TPSA) is 178 Å².